The van der Waals surface area contributed by atoms with E-state index in [0.29, 0.717) is 16.5 Å². The van der Waals surface area contributed by atoms with Gasteiger partial charge in [-0.15, -0.1) is 0 Å². The molecule has 2 saturated heterocycles. The molecule has 0 spiro atoms. The molecule has 2 heterocycles. The fourth-order valence-electron chi connectivity index (χ4n) is 5.47. The summed E-state index contributed by atoms with van der Waals surface area (Å²) in [4.78, 5) is 42.6. The van der Waals surface area contributed by atoms with Crippen LogP contribution >= 0.6 is 11.6 Å². The van der Waals surface area contributed by atoms with E-state index in [1.807, 2.05) is 42.5 Å². The van der Waals surface area contributed by atoms with Gasteiger partial charge in [-0.05, 0) is 47.5 Å². The number of nitrogens with zero attached hydrogens (tertiary/aromatic N) is 1. The van der Waals surface area contributed by atoms with Gasteiger partial charge in [0.15, 0.2) is 0 Å². The summed E-state index contributed by atoms with van der Waals surface area (Å²) < 4.78 is 10.5. The van der Waals surface area contributed by atoms with Gasteiger partial charge in [-0.2, -0.15) is 0 Å². The molecule has 0 aromatic heterocycles. The quantitative estimate of drug-likeness (QED) is 0.404. The first-order chi connectivity index (χ1) is 17.4. The minimum atomic E-state index is -1.45. The zero-order chi connectivity index (χ0) is 25.4. The van der Waals surface area contributed by atoms with Gasteiger partial charge in [0.2, 0.25) is 11.8 Å². The highest BCUT2D eigenvalue weighted by molar-refractivity contribution is 6.31. The van der Waals surface area contributed by atoms with Crippen molar-refractivity contribution < 1.29 is 23.9 Å². The summed E-state index contributed by atoms with van der Waals surface area (Å²) in [7, 11) is 2.87. The van der Waals surface area contributed by atoms with Gasteiger partial charge in [0.25, 0.3) is 0 Å². The van der Waals surface area contributed by atoms with Crippen LogP contribution in [0.1, 0.15) is 17.2 Å². The predicted molar refractivity (Wildman–Crippen MR) is 135 cm³/mol. The summed E-state index contributed by atoms with van der Waals surface area (Å²) >= 11 is 6.04. The van der Waals surface area contributed by atoms with Crippen molar-refractivity contribution in [1.29, 1.82) is 0 Å². The molecule has 1 N–H and O–H groups in total. The maximum atomic E-state index is 14.0. The van der Waals surface area contributed by atoms with E-state index in [2.05, 4.69) is 5.32 Å². The zero-order valence-electron chi connectivity index (χ0n) is 19.8. The minimum Gasteiger partial charge on any atom is -0.497 e. The second-order valence-corrected chi connectivity index (χ2v) is 9.45. The molecular weight excluding hydrogens is 480 g/mol. The lowest BCUT2D eigenvalue weighted by Gasteiger charge is -2.32. The summed E-state index contributed by atoms with van der Waals surface area (Å²) in [6.07, 6.45) is 0.182. The number of methoxy groups -OCH3 is 2. The Morgan fingerprint density at radius 3 is 2.22 bits per heavy atom. The smallest absolute Gasteiger partial charge is 0.327 e. The maximum absolute atomic E-state index is 14.0. The number of carbonyl (C=O) groups is 3. The zero-order valence-corrected chi connectivity index (χ0v) is 20.6. The van der Waals surface area contributed by atoms with E-state index in [1.165, 1.54) is 12.0 Å². The topological polar surface area (TPSA) is 84.9 Å². The predicted octanol–water partition coefficient (Wildman–Crippen LogP) is 3.95. The molecule has 4 atom stereocenters. The van der Waals surface area contributed by atoms with Gasteiger partial charge in [0.1, 0.15) is 11.3 Å². The highest BCUT2D eigenvalue weighted by Crippen LogP contribution is 2.51. The van der Waals surface area contributed by atoms with Crippen molar-refractivity contribution in [3.8, 4) is 5.75 Å². The summed E-state index contributed by atoms with van der Waals surface area (Å²) in [5, 5.41) is 3.89. The lowest BCUT2D eigenvalue weighted by molar-refractivity contribution is -0.152. The fourth-order valence-corrected chi connectivity index (χ4v) is 5.59. The molecule has 0 aliphatic carbocycles. The number of imide groups is 1. The van der Waals surface area contributed by atoms with Crippen molar-refractivity contribution in [1.82, 2.24) is 5.32 Å². The average molecular weight is 505 g/mol. The van der Waals surface area contributed by atoms with E-state index >= 15 is 0 Å². The first kappa shape index (κ1) is 24.0. The first-order valence-corrected chi connectivity index (χ1v) is 11.9. The van der Waals surface area contributed by atoms with Crippen molar-refractivity contribution in [2.24, 2.45) is 11.8 Å². The van der Waals surface area contributed by atoms with Crippen LogP contribution in [0.5, 0.6) is 5.75 Å². The number of carbonyl (C=O) groups excluding carboxylic acids is 3. The van der Waals surface area contributed by atoms with Crippen LogP contribution in [0, 0.1) is 11.8 Å². The van der Waals surface area contributed by atoms with Crippen LogP contribution in [-0.4, -0.2) is 37.5 Å². The molecule has 36 heavy (non-hydrogen) atoms. The Kier molecular flexibility index (Phi) is 6.28. The molecule has 5 rings (SSSR count). The number of hydrogen-bond acceptors (Lipinski definition) is 6. The number of nitrogens with one attached hydrogen (secondary N) is 1. The van der Waals surface area contributed by atoms with E-state index < -0.39 is 35.3 Å². The van der Waals surface area contributed by atoms with Gasteiger partial charge in [-0.25, -0.2) is 4.90 Å². The molecule has 0 bridgehead atoms. The Morgan fingerprint density at radius 1 is 0.944 bits per heavy atom. The number of hydrogen-bond donors (Lipinski definition) is 1. The summed E-state index contributed by atoms with van der Waals surface area (Å²) in [6.45, 7) is 0. The molecule has 7 nitrogen and oxygen atoms in total. The molecule has 2 amide bonds. The molecule has 2 aliphatic rings. The number of benzene rings is 3. The monoisotopic (exact) mass is 504 g/mol. The molecular formula is C28H25ClN2O5. The highest BCUT2D eigenvalue weighted by Gasteiger charge is 2.68. The highest BCUT2D eigenvalue weighted by atomic mass is 35.5. The van der Waals surface area contributed by atoms with Gasteiger partial charge in [-0.1, -0.05) is 54.1 Å². The Labute approximate surface area is 214 Å². The van der Waals surface area contributed by atoms with Crippen molar-refractivity contribution in [3.05, 3.63) is 95.0 Å². The van der Waals surface area contributed by atoms with E-state index in [-0.39, 0.29) is 12.3 Å². The maximum Gasteiger partial charge on any atom is 0.327 e. The molecule has 8 heteroatoms. The number of rotatable bonds is 6. The average Bonchev–Trinajstić information content (AvgIpc) is 3.38. The second-order valence-electron chi connectivity index (χ2n) is 9.01. The van der Waals surface area contributed by atoms with Gasteiger partial charge in [0.05, 0.1) is 31.7 Å². The van der Waals surface area contributed by atoms with E-state index in [4.69, 9.17) is 21.1 Å². The van der Waals surface area contributed by atoms with E-state index in [0.717, 1.165) is 11.1 Å². The molecule has 3 aromatic rings. The Hall–Kier alpha value is -3.68. The molecule has 3 aromatic carbocycles. The molecule has 0 radical (unpaired) electrons. The number of esters is 1. The lowest BCUT2D eigenvalue weighted by atomic mass is 9.76. The molecule has 2 fully saturated rings. The molecule has 2 aliphatic heterocycles. The molecule has 0 unspecified atom stereocenters. The van der Waals surface area contributed by atoms with Crippen LogP contribution in [0.2, 0.25) is 5.02 Å². The number of ether oxygens (including phenoxy) is 2. The van der Waals surface area contributed by atoms with Gasteiger partial charge in [0, 0.05) is 17.5 Å². The van der Waals surface area contributed by atoms with Crippen LogP contribution in [-0.2, 0) is 25.5 Å². The Balaban J connectivity index is 1.66. The third-order valence-corrected chi connectivity index (χ3v) is 7.34. The van der Waals surface area contributed by atoms with Crippen LogP contribution in [0.15, 0.2) is 78.9 Å². The van der Waals surface area contributed by atoms with Crippen molar-refractivity contribution in [3.63, 3.8) is 0 Å². The van der Waals surface area contributed by atoms with Crippen LogP contribution in [0.3, 0.4) is 0 Å². The van der Waals surface area contributed by atoms with Crippen LogP contribution in [0.4, 0.5) is 5.69 Å². The van der Waals surface area contributed by atoms with E-state index in [1.54, 1.807) is 43.5 Å². The largest absolute Gasteiger partial charge is 0.497 e. The number of amides is 2. The number of fused-ring (bicyclic) bond motifs is 1. The van der Waals surface area contributed by atoms with Crippen molar-refractivity contribution in [2.45, 2.75) is 18.0 Å². The minimum absolute atomic E-state index is 0.182. The summed E-state index contributed by atoms with van der Waals surface area (Å²) in [6, 6.07) is 22.6. The summed E-state index contributed by atoms with van der Waals surface area (Å²) in [5.41, 5.74) is 0.577. The van der Waals surface area contributed by atoms with E-state index in [9.17, 15) is 14.4 Å². The fraction of sp³-hybridized carbons (Fsp3) is 0.250. The standard InChI is InChI=1S/C28H25ClN2O5/c1-35-21-14-8-18(9-15-21)24-22-23(26(33)31(25(22)32)20-12-10-19(29)11-13-20)28(30-24,27(34)36-2)16-17-6-4-3-5-7-17/h3-15,22-24,30H,16H2,1-2H3/t22-,23+,24-,28-/m1/s1. The SMILES string of the molecule is COC(=O)[C@]1(Cc2ccccc2)N[C@H](c2ccc(OC)cc2)[C@@H]2C(=O)N(c3ccc(Cl)cc3)C(=O)[C@H]21. The number of anilines is 1. The Bertz CT molecular complexity index is 1300. The van der Waals surface area contributed by atoms with Gasteiger partial charge in [-0.3, -0.25) is 19.7 Å². The van der Waals surface area contributed by atoms with Gasteiger partial charge >= 0.3 is 5.97 Å². The Morgan fingerprint density at radius 2 is 1.61 bits per heavy atom. The second kappa shape index (κ2) is 9.41. The van der Waals surface area contributed by atoms with Gasteiger partial charge < -0.3 is 9.47 Å². The molecule has 184 valence electrons. The molecule has 0 saturated carbocycles. The summed E-state index contributed by atoms with van der Waals surface area (Å²) in [5.74, 6) is -2.54. The van der Waals surface area contributed by atoms with Crippen LogP contribution < -0.4 is 15.0 Å². The van der Waals surface area contributed by atoms with Crippen molar-refractivity contribution >= 4 is 35.1 Å². The third kappa shape index (κ3) is 3.85. The third-order valence-electron chi connectivity index (χ3n) is 7.09. The van der Waals surface area contributed by atoms with Crippen LogP contribution in [0.25, 0.3) is 0 Å². The number of halogens is 1. The lowest BCUT2D eigenvalue weighted by Crippen LogP contribution is -2.57. The van der Waals surface area contributed by atoms with Crippen molar-refractivity contribution in [2.75, 3.05) is 19.1 Å². The normalized spacial score (nSPS) is 25.1. The first-order valence-electron chi connectivity index (χ1n) is 11.6.